The minimum Gasteiger partial charge on any atom is -0.295 e. The minimum atomic E-state index is -3.87. The molecule has 0 aliphatic rings. The molecule has 0 radical (unpaired) electrons. The summed E-state index contributed by atoms with van der Waals surface area (Å²) in [6, 6.07) is 11.8. The second-order valence-corrected chi connectivity index (χ2v) is 7.92. The number of aryl methyl sites for hydroxylation is 2. The zero-order valence-corrected chi connectivity index (χ0v) is 15.7. The van der Waals surface area contributed by atoms with E-state index in [1.165, 1.54) is 25.6 Å². The molecular weight excluding hydrogens is 362 g/mol. The summed E-state index contributed by atoms with van der Waals surface area (Å²) >= 11 is 6.28. The number of rotatable bonds is 4. The van der Waals surface area contributed by atoms with Gasteiger partial charge >= 0.3 is 5.69 Å². The van der Waals surface area contributed by atoms with Gasteiger partial charge in [0.15, 0.2) is 0 Å². The first-order valence-electron chi connectivity index (χ1n) is 7.71. The number of benzene rings is 2. The van der Waals surface area contributed by atoms with Crippen molar-refractivity contribution in [1.82, 2.24) is 9.13 Å². The van der Waals surface area contributed by atoms with Crippen molar-refractivity contribution in [3.05, 3.63) is 58.0 Å². The maximum Gasteiger partial charge on any atom is 0.328 e. The first-order valence-corrected chi connectivity index (χ1v) is 9.53. The lowest BCUT2D eigenvalue weighted by molar-refractivity contribution is 0.592. The van der Waals surface area contributed by atoms with Crippen LogP contribution in [0.4, 0.5) is 5.69 Å². The topological polar surface area (TPSA) is 64.3 Å². The van der Waals surface area contributed by atoms with Crippen LogP contribution in [0.2, 0.25) is 5.02 Å². The Bertz CT molecular complexity index is 1100. The van der Waals surface area contributed by atoms with Crippen molar-refractivity contribution in [2.45, 2.75) is 11.8 Å². The fourth-order valence-corrected chi connectivity index (χ4v) is 4.90. The molecule has 2 aromatic carbocycles. The SMILES string of the molecule is CCN(c1ccccc1)S(=O)(=O)c1cc2c(cc1Cl)n(C)c(=O)n2C. The van der Waals surface area contributed by atoms with Gasteiger partial charge in [-0.15, -0.1) is 0 Å². The number of anilines is 1. The van der Waals surface area contributed by atoms with Gasteiger partial charge in [0.25, 0.3) is 10.0 Å². The van der Waals surface area contributed by atoms with Crippen LogP contribution in [0.5, 0.6) is 0 Å². The molecule has 0 unspecified atom stereocenters. The average Bonchev–Trinajstić information content (AvgIpc) is 2.79. The van der Waals surface area contributed by atoms with Gasteiger partial charge in [-0.25, -0.2) is 13.2 Å². The van der Waals surface area contributed by atoms with Crippen LogP contribution in [0.1, 0.15) is 6.92 Å². The Morgan fingerprint density at radius 1 is 1.04 bits per heavy atom. The second kappa shape index (κ2) is 6.24. The number of imidazole rings is 1. The molecule has 0 aliphatic carbocycles. The third kappa shape index (κ3) is 2.73. The Labute approximate surface area is 150 Å². The van der Waals surface area contributed by atoms with Crippen molar-refractivity contribution in [2.24, 2.45) is 14.1 Å². The predicted octanol–water partition coefficient (Wildman–Crippen LogP) is 2.75. The van der Waals surface area contributed by atoms with Gasteiger partial charge in [0.05, 0.1) is 21.7 Å². The van der Waals surface area contributed by atoms with Crippen molar-refractivity contribution >= 4 is 38.3 Å². The van der Waals surface area contributed by atoms with Crippen molar-refractivity contribution < 1.29 is 8.42 Å². The van der Waals surface area contributed by atoms with E-state index in [9.17, 15) is 13.2 Å². The van der Waals surface area contributed by atoms with Crippen LogP contribution in [-0.4, -0.2) is 24.1 Å². The number of halogens is 1. The van der Waals surface area contributed by atoms with Gasteiger partial charge in [0, 0.05) is 20.6 Å². The number of fused-ring (bicyclic) bond motifs is 1. The molecule has 132 valence electrons. The van der Waals surface area contributed by atoms with Crippen molar-refractivity contribution in [1.29, 1.82) is 0 Å². The Hall–Kier alpha value is -2.25. The highest BCUT2D eigenvalue weighted by Crippen LogP contribution is 2.31. The first-order chi connectivity index (χ1) is 11.8. The molecule has 0 saturated heterocycles. The highest BCUT2D eigenvalue weighted by Gasteiger charge is 2.27. The zero-order valence-electron chi connectivity index (χ0n) is 14.1. The molecule has 0 saturated carbocycles. The molecule has 0 atom stereocenters. The standard InChI is InChI=1S/C17H18ClN3O3S/c1-4-21(12-8-6-5-7-9-12)25(23,24)16-11-15-14(10-13(16)18)19(2)17(22)20(15)3/h5-11H,4H2,1-3H3. The number of para-hydroxylation sites is 1. The van der Waals surface area contributed by atoms with Crippen LogP contribution >= 0.6 is 11.6 Å². The molecule has 0 bridgehead atoms. The lowest BCUT2D eigenvalue weighted by Crippen LogP contribution is -2.31. The first kappa shape index (κ1) is 17.6. The predicted molar refractivity (Wildman–Crippen MR) is 99.8 cm³/mol. The molecule has 3 rings (SSSR count). The van der Waals surface area contributed by atoms with E-state index in [-0.39, 0.29) is 22.2 Å². The van der Waals surface area contributed by atoms with Crippen LogP contribution in [0.25, 0.3) is 11.0 Å². The van der Waals surface area contributed by atoms with Crippen LogP contribution in [0, 0.1) is 0 Å². The van der Waals surface area contributed by atoms with Crippen LogP contribution in [0.3, 0.4) is 0 Å². The maximum atomic E-state index is 13.2. The van der Waals surface area contributed by atoms with Gasteiger partial charge in [-0.3, -0.25) is 13.4 Å². The monoisotopic (exact) mass is 379 g/mol. The normalized spacial score (nSPS) is 11.8. The Balaban J connectivity index is 2.25. The van der Waals surface area contributed by atoms with Crippen molar-refractivity contribution in [3.8, 4) is 0 Å². The maximum absolute atomic E-state index is 13.2. The summed E-state index contributed by atoms with van der Waals surface area (Å²) in [5.74, 6) is 0. The van der Waals surface area contributed by atoms with Gasteiger partial charge in [-0.1, -0.05) is 29.8 Å². The van der Waals surface area contributed by atoms with E-state index in [1.54, 1.807) is 45.3 Å². The zero-order chi connectivity index (χ0) is 18.4. The highest BCUT2D eigenvalue weighted by atomic mass is 35.5. The van der Waals surface area contributed by atoms with E-state index in [1.807, 2.05) is 6.07 Å². The molecule has 0 amide bonds. The smallest absolute Gasteiger partial charge is 0.295 e. The Morgan fingerprint density at radius 2 is 1.60 bits per heavy atom. The average molecular weight is 380 g/mol. The number of nitrogens with zero attached hydrogens (tertiary/aromatic N) is 3. The molecule has 25 heavy (non-hydrogen) atoms. The molecule has 6 nitrogen and oxygen atoms in total. The van der Waals surface area contributed by atoms with E-state index in [4.69, 9.17) is 11.6 Å². The third-order valence-electron chi connectivity index (χ3n) is 4.23. The van der Waals surface area contributed by atoms with Crippen molar-refractivity contribution in [2.75, 3.05) is 10.8 Å². The molecule has 1 heterocycles. The summed E-state index contributed by atoms with van der Waals surface area (Å²) in [5.41, 5.74) is 1.41. The van der Waals surface area contributed by atoms with E-state index in [0.29, 0.717) is 16.7 Å². The summed E-state index contributed by atoms with van der Waals surface area (Å²) in [4.78, 5) is 12.1. The molecular formula is C17H18ClN3O3S. The molecule has 0 spiro atoms. The molecule has 8 heteroatoms. The fraction of sp³-hybridized carbons (Fsp3) is 0.235. The quantitative estimate of drug-likeness (QED) is 0.700. The summed E-state index contributed by atoms with van der Waals surface area (Å²) in [5, 5.41) is 0.0862. The van der Waals surface area contributed by atoms with Crippen molar-refractivity contribution in [3.63, 3.8) is 0 Å². The molecule has 0 fully saturated rings. The molecule has 0 aliphatic heterocycles. The van der Waals surface area contributed by atoms with E-state index >= 15 is 0 Å². The van der Waals surface area contributed by atoms with Gasteiger partial charge in [0.1, 0.15) is 4.90 Å². The number of sulfonamides is 1. The number of hydrogen-bond donors (Lipinski definition) is 0. The van der Waals surface area contributed by atoms with Gasteiger partial charge in [0.2, 0.25) is 0 Å². The van der Waals surface area contributed by atoms with Gasteiger partial charge < -0.3 is 0 Å². The molecule has 3 aromatic rings. The van der Waals surface area contributed by atoms with E-state index < -0.39 is 10.0 Å². The third-order valence-corrected chi connectivity index (χ3v) is 6.59. The van der Waals surface area contributed by atoms with Crippen LogP contribution in [-0.2, 0) is 24.1 Å². The fourth-order valence-electron chi connectivity index (χ4n) is 2.90. The summed E-state index contributed by atoms with van der Waals surface area (Å²) in [6.45, 7) is 2.02. The van der Waals surface area contributed by atoms with Gasteiger partial charge in [-0.2, -0.15) is 0 Å². The minimum absolute atomic E-state index is 0.0198. The van der Waals surface area contributed by atoms with Crippen LogP contribution in [0.15, 0.2) is 52.2 Å². The Kier molecular flexibility index (Phi) is 4.38. The summed E-state index contributed by atoms with van der Waals surface area (Å²) in [7, 11) is -0.646. The van der Waals surface area contributed by atoms with E-state index in [0.717, 1.165) is 0 Å². The molecule has 1 aromatic heterocycles. The largest absolute Gasteiger partial charge is 0.328 e. The molecule has 0 N–H and O–H groups in total. The number of hydrogen-bond acceptors (Lipinski definition) is 3. The summed E-state index contributed by atoms with van der Waals surface area (Å²) in [6.07, 6.45) is 0. The number of aromatic nitrogens is 2. The highest BCUT2D eigenvalue weighted by molar-refractivity contribution is 7.93. The van der Waals surface area contributed by atoms with Crippen LogP contribution < -0.4 is 9.99 Å². The summed E-state index contributed by atoms with van der Waals surface area (Å²) < 4.78 is 30.5. The van der Waals surface area contributed by atoms with Gasteiger partial charge in [-0.05, 0) is 31.2 Å². The Morgan fingerprint density at radius 3 is 2.16 bits per heavy atom. The second-order valence-electron chi connectivity index (χ2n) is 5.68. The lowest BCUT2D eigenvalue weighted by Gasteiger charge is -2.23. The lowest BCUT2D eigenvalue weighted by atomic mass is 10.3. The van der Waals surface area contributed by atoms with E-state index in [2.05, 4.69) is 0 Å².